The lowest BCUT2D eigenvalue weighted by atomic mass is 10.1. The molecule has 4 N–H and O–H groups in total. The fourth-order valence-electron chi connectivity index (χ4n) is 2.31. The molecule has 0 spiro atoms. The molecule has 0 saturated heterocycles. The van der Waals surface area contributed by atoms with Crippen molar-refractivity contribution in [2.24, 2.45) is 0 Å². The molecule has 0 aromatic heterocycles. The largest absolute Gasteiger partial charge is 0.491 e. The van der Waals surface area contributed by atoms with Gasteiger partial charge in [-0.05, 0) is 37.3 Å². The van der Waals surface area contributed by atoms with Gasteiger partial charge in [0.25, 0.3) is 5.91 Å². The van der Waals surface area contributed by atoms with Crippen molar-refractivity contribution in [1.29, 1.82) is 0 Å². The van der Waals surface area contributed by atoms with Crippen LogP contribution in [0.1, 0.15) is 27.6 Å². The molecule has 0 atom stereocenters. The van der Waals surface area contributed by atoms with Crippen LogP contribution in [0.25, 0.3) is 0 Å². The molecule has 1 amide bonds. The molecule has 2 aromatic carbocycles. The number of anilines is 2. The predicted octanol–water partition coefficient (Wildman–Crippen LogP) is 2.30. The number of rotatable bonds is 8. The van der Waals surface area contributed by atoms with Crippen LogP contribution in [0.5, 0.6) is 5.75 Å². The Morgan fingerprint density at radius 2 is 1.92 bits per heavy atom. The van der Waals surface area contributed by atoms with Crippen LogP contribution < -0.4 is 21.1 Å². The smallest absolute Gasteiger partial charge is 0.341 e. The Hall–Kier alpha value is -3.22. The molecule has 0 bridgehead atoms. The summed E-state index contributed by atoms with van der Waals surface area (Å²) in [6, 6.07) is 11.8. The highest BCUT2D eigenvalue weighted by molar-refractivity contribution is 5.96. The first-order valence-corrected chi connectivity index (χ1v) is 8.31. The Bertz CT molecular complexity index is 777. The molecule has 0 saturated carbocycles. The third-order valence-electron chi connectivity index (χ3n) is 3.61. The Morgan fingerprint density at radius 3 is 2.65 bits per heavy atom. The monoisotopic (exact) mass is 357 g/mol. The third-order valence-corrected chi connectivity index (χ3v) is 3.61. The highest BCUT2D eigenvalue weighted by Gasteiger charge is 2.13. The standard InChI is InChI=1S/C19H23N3O4/c1-3-25-19(24)14-6-4-5-7-17(14)26-11-10-22-18(23)13-8-9-15(20)16(12-13)21-2/h4-9,12,21H,3,10-11,20H2,1-2H3,(H,22,23). The number of amides is 1. The van der Waals surface area contributed by atoms with E-state index >= 15 is 0 Å². The van der Waals surface area contributed by atoms with Crippen LogP contribution >= 0.6 is 0 Å². The molecule has 7 heteroatoms. The van der Waals surface area contributed by atoms with Crippen molar-refractivity contribution in [3.8, 4) is 5.75 Å². The summed E-state index contributed by atoms with van der Waals surface area (Å²) >= 11 is 0. The number of carbonyl (C=O) groups is 2. The number of nitrogen functional groups attached to an aromatic ring is 1. The zero-order valence-electron chi connectivity index (χ0n) is 14.9. The number of hydrogen-bond donors (Lipinski definition) is 3. The van der Waals surface area contributed by atoms with E-state index in [9.17, 15) is 9.59 Å². The highest BCUT2D eigenvalue weighted by atomic mass is 16.5. The number of nitrogens with two attached hydrogens (primary N) is 1. The Balaban J connectivity index is 1.89. The fourth-order valence-corrected chi connectivity index (χ4v) is 2.31. The van der Waals surface area contributed by atoms with Crippen molar-refractivity contribution >= 4 is 23.3 Å². The number of carbonyl (C=O) groups excluding carboxylic acids is 2. The van der Waals surface area contributed by atoms with Crippen LogP contribution in [-0.2, 0) is 4.74 Å². The van der Waals surface area contributed by atoms with Gasteiger partial charge in [0.05, 0.1) is 24.5 Å². The summed E-state index contributed by atoms with van der Waals surface area (Å²) in [6.45, 7) is 2.54. The summed E-state index contributed by atoms with van der Waals surface area (Å²) < 4.78 is 10.6. The van der Waals surface area contributed by atoms with Gasteiger partial charge < -0.3 is 25.8 Å². The van der Waals surface area contributed by atoms with Crippen molar-refractivity contribution in [3.05, 3.63) is 53.6 Å². The van der Waals surface area contributed by atoms with E-state index in [1.807, 2.05) is 0 Å². The van der Waals surface area contributed by atoms with E-state index in [0.29, 0.717) is 34.9 Å². The average Bonchev–Trinajstić information content (AvgIpc) is 2.66. The molecule has 0 aliphatic rings. The zero-order valence-corrected chi connectivity index (χ0v) is 14.9. The molecule has 0 unspecified atom stereocenters. The van der Waals surface area contributed by atoms with Crippen molar-refractivity contribution in [2.75, 3.05) is 37.9 Å². The van der Waals surface area contributed by atoms with Gasteiger partial charge in [0.1, 0.15) is 17.9 Å². The third kappa shape index (κ3) is 4.89. The predicted molar refractivity (Wildman–Crippen MR) is 101 cm³/mol. The maximum absolute atomic E-state index is 12.2. The first-order chi connectivity index (χ1) is 12.6. The van der Waals surface area contributed by atoms with Crippen molar-refractivity contribution in [1.82, 2.24) is 5.32 Å². The lowest BCUT2D eigenvalue weighted by molar-refractivity contribution is 0.0521. The van der Waals surface area contributed by atoms with Gasteiger partial charge in [0.15, 0.2) is 0 Å². The molecule has 0 aliphatic heterocycles. The summed E-state index contributed by atoms with van der Waals surface area (Å²) in [6.07, 6.45) is 0. The topological polar surface area (TPSA) is 103 Å². The second kappa shape index (κ2) is 9.31. The van der Waals surface area contributed by atoms with E-state index in [1.165, 1.54) is 0 Å². The van der Waals surface area contributed by atoms with E-state index < -0.39 is 5.97 Å². The lowest BCUT2D eigenvalue weighted by Crippen LogP contribution is -2.28. The van der Waals surface area contributed by atoms with Gasteiger partial charge in [0.2, 0.25) is 0 Å². The van der Waals surface area contributed by atoms with E-state index in [0.717, 1.165) is 0 Å². The first kappa shape index (κ1) is 19.1. The Labute approximate surface area is 152 Å². The van der Waals surface area contributed by atoms with Crippen LogP contribution in [0.3, 0.4) is 0 Å². The summed E-state index contributed by atoms with van der Waals surface area (Å²) in [5.74, 6) is -0.248. The minimum atomic E-state index is -0.436. The summed E-state index contributed by atoms with van der Waals surface area (Å²) in [4.78, 5) is 24.1. The maximum Gasteiger partial charge on any atom is 0.341 e. The molecular weight excluding hydrogens is 334 g/mol. The van der Waals surface area contributed by atoms with E-state index in [2.05, 4.69) is 10.6 Å². The van der Waals surface area contributed by atoms with Gasteiger partial charge in [-0.3, -0.25) is 4.79 Å². The van der Waals surface area contributed by atoms with Gasteiger partial charge in [0, 0.05) is 12.6 Å². The lowest BCUT2D eigenvalue weighted by Gasteiger charge is -2.12. The quantitative estimate of drug-likeness (QED) is 0.381. The second-order valence-corrected chi connectivity index (χ2v) is 5.37. The fraction of sp³-hybridized carbons (Fsp3) is 0.263. The minimum absolute atomic E-state index is 0.218. The average molecular weight is 357 g/mol. The molecular formula is C19H23N3O4. The molecule has 0 fully saturated rings. The Kier molecular flexibility index (Phi) is 6.84. The SMILES string of the molecule is CCOC(=O)c1ccccc1OCCNC(=O)c1ccc(N)c(NC)c1. The maximum atomic E-state index is 12.2. The molecule has 138 valence electrons. The molecule has 0 radical (unpaired) electrons. The summed E-state index contributed by atoms with van der Waals surface area (Å²) in [5.41, 5.74) is 7.91. The van der Waals surface area contributed by atoms with Crippen LogP contribution in [0.15, 0.2) is 42.5 Å². The van der Waals surface area contributed by atoms with Crippen molar-refractivity contribution in [3.63, 3.8) is 0 Å². The summed E-state index contributed by atoms with van der Waals surface area (Å²) in [7, 11) is 1.74. The second-order valence-electron chi connectivity index (χ2n) is 5.37. The molecule has 2 aromatic rings. The Morgan fingerprint density at radius 1 is 1.15 bits per heavy atom. The van der Waals surface area contributed by atoms with Crippen LogP contribution in [0.4, 0.5) is 11.4 Å². The molecule has 0 aliphatic carbocycles. The number of ether oxygens (including phenoxy) is 2. The van der Waals surface area contributed by atoms with Gasteiger partial charge in [-0.15, -0.1) is 0 Å². The zero-order chi connectivity index (χ0) is 18.9. The van der Waals surface area contributed by atoms with Crippen molar-refractivity contribution < 1.29 is 19.1 Å². The van der Waals surface area contributed by atoms with Crippen LogP contribution in [-0.4, -0.2) is 38.7 Å². The number of para-hydroxylation sites is 1. The first-order valence-electron chi connectivity index (χ1n) is 8.31. The van der Waals surface area contributed by atoms with Crippen LogP contribution in [0.2, 0.25) is 0 Å². The van der Waals surface area contributed by atoms with E-state index in [4.69, 9.17) is 15.2 Å². The number of hydrogen-bond acceptors (Lipinski definition) is 6. The number of benzene rings is 2. The van der Waals surface area contributed by atoms with Crippen LogP contribution in [0, 0.1) is 0 Å². The highest BCUT2D eigenvalue weighted by Crippen LogP contribution is 2.20. The van der Waals surface area contributed by atoms with Gasteiger partial charge >= 0.3 is 5.97 Å². The van der Waals surface area contributed by atoms with E-state index in [1.54, 1.807) is 56.4 Å². The number of esters is 1. The molecule has 26 heavy (non-hydrogen) atoms. The normalized spacial score (nSPS) is 10.1. The minimum Gasteiger partial charge on any atom is -0.491 e. The molecule has 7 nitrogen and oxygen atoms in total. The number of nitrogens with one attached hydrogen (secondary N) is 2. The van der Waals surface area contributed by atoms with Crippen molar-refractivity contribution in [2.45, 2.75) is 6.92 Å². The van der Waals surface area contributed by atoms with Gasteiger partial charge in [-0.1, -0.05) is 12.1 Å². The van der Waals surface area contributed by atoms with Gasteiger partial charge in [-0.2, -0.15) is 0 Å². The van der Waals surface area contributed by atoms with Gasteiger partial charge in [-0.25, -0.2) is 4.79 Å². The molecule has 2 rings (SSSR count). The van der Waals surface area contributed by atoms with E-state index in [-0.39, 0.29) is 19.1 Å². The molecule has 0 heterocycles. The summed E-state index contributed by atoms with van der Waals surface area (Å²) in [5, 5.41) is 5.70.